The predicted molar refractivity (Wildman–Crippen MR) is 376 cm³/mol. The Bertz CT molecular complexity index is 2780. The van der Waals surface area contributed by atoms with E-state index >= 15 is 19.2 Å². The van der Waals surface area contributed by atoms with E-state index in [1.54, 1.807) is 18.7 Å². The van der Waals surface area contributed by atoms with E-state index < -0.39 is 181 Å². The zero-order valence-electron chi connectivity index (χ0n) is 63.5. The molecule has 3 heterocycles. The van der Waals surface area contributed by atoms with Crippen molar-refractivity contribution >= 4 is 70.9 Å². The van der Waals surface area contributed by atoms with Crippen LogP contribution in [0, 0.1) is 29.6 Å². The summed E-state index contributed by atoms with van der Waals surface area (Å²) in [4.78, 5) is 189. The molecule has 3 aliphatic heterocycles. The number of carbonyl (C=O) groups excluding carboxylic acids is 12. The Kier molecular flexibility index (Phi) is 34.1. The molecule has 0 bridgehead atoms. The van der Waals surface area contributed by atoms with E-state index in [1.165, 1.54) is 92.5 Å². The Labute approximate surface area is 594 Å². The molecule has 12 amide bonds. The van der Waals surface area contributed by atoms with Crippen LogP contribution in [0.25, 0.3) is 0 Å². The second-order valence-electron chi connectivity index (χ2n) is 30.7. The summed E-state index contributed by atoms with van der Waals surface area (Å²) in [6.45, 7) is 20.1. The molecular weight excluding hydrogens is 1290 g/mol. The number of nitrogens with one attached hydrogen (secondary N) is 5. The fourth-order valence-corrected chi connectivity index (χ4v) is 13.9. The number of alkyl halides is 2. The number of halogens is 2. The van der Waals surface area contributed by atoms with E-state index in [9.17, 15) is 52.2 Å². The summed E-state index contributed by atoms with van der Waals surface area (Å²) in [5, 5.41) is 25.4. The summed E-state index contributed by atoms with van der Waals surface area (Å²) in [6, 6.07) is -13.9. The highest BCUT2D eigenvalue weighted by Gasteiger charge is 2.45. The number of aliphatic hydroxyl groups is 1. The van der Waals surface area contributed by atoms with E-state index in [2.05, 4.69) is 26.6 Å². The van der Waals surface area contributed by atoms with Gasteiger partial charge >= 0.3 is 0 Å². The number of likely N-dealkylation sites (N-methyl/N-ethyl adjacent to an activating group) is 6. The van der Waals surface area contributed by atoms with Gasteiger partial charge in [0.2, 0.25) is 70.9 Å². The number of likely N-dealkylation sites (tertiary alicyclic amines) is 1. The zero-order valence-corrected chi connectivity index (χ0v) is 63.5. The first-order chi connectivity index (χ1) is 46.7. The average molecular weight is 1420 g/mol. The summed E-state index contributed by atoms with van der Waals surface area (Å²) < 4.78 is 28.8. The number of piperidine rings is 1. The standard InChI is InChI=1S/C72H125F2N13O13/c1-19-20-32-87-41-59(90)82(15)54(35-43(2)3)64(93)77-53(67(96)86-33-25-22-26-34-86)39-58(89)80(13)47(10)62(91)76-52(31-27-30-51-40-72(73,74)42-75-51)66(95)84(17)56(37-45(6)7)68(97)81(14)48(11)63(92)78-60(46(8)9)70(99)85(18)57(38-50-28-23-21-24-29-50)69(98)83(16)55(36-44(4)5)65(94)79-61(49(12)88)71(87)100/h43-57,60-61,75,88H,19-42H2,1-18H3,(H,76,91)(H,77,93)(H,78,92)(H,79,94)/t47-,48-,49+,51+,52-,53-,54-,55-,56-,57-,60-,61-/m0/s1. The van der Waals surface area contributed by atoms with Gasteiger partial charge in [0.05, 0.1) is 25.6 Å². The van der Waals surface area contributed by atoms with Crippen LogP contribution in [-0.2, 0) is 57.5 Å². The van der Waals surface area contributed by atoms with Crippen LogP contribution in [0.1, 0.15) is 205 Å². The highest BCUT2D eigenvalue weighted by molar-refractivity contribution is 6.00. The summed E-state index contributed by atoms with van der Waals surface area (Å²) in [5.74, 6) is -12.8. The number of hydrogen-bond acceptors (Lipinski definition) is 14. The Morgan fingerprint density at radius 1 is 0.540 bits per heavy atom. The molecule has 100 heavy (non-hydrogen) atoms. The maximum Gasteiger partial charge on any atom is 0.261 e. The van der Waals surface area contributed by atoms with Gasteiger partial charge in [-0.1, -0.05) is 101 Å². The molecule has 28 heteroatoms. The number of amides is 12. The first kappa shape index (κ1) is 85.8. The first-order valence-electron chi connectivity index (χ1n) is 36.9. The minimum atomic E-state index is -2.94. The Morgan fingerprint density at radius 3 is 1.58 bits per heavy atom. The molecule has 6 N–H and O–H groups in total. The topological polar surface area (TPSA) is 311 Å². The monoisotopic (exact) mass is 1420 g/mol. The largest absolute Gasteiger partial charge is 0.391 e. The number of hydrogen-bond donors (Lipinski definition) is 6. The molecule has 3 saturated heterocycles. The molecule has 570 valence electrons. The molecule has 0 aromatic carbocycles. The second-order valence-corrected chi connectivity index (χ2v) is 30.7. The summed E-state index contributed by atoms with van der Waals surface area (Å²) in [7, 11) is 8.43. The molecule has 0 spiro atoms. The Balaban J connectivity index is 1.93. The molecule has 4 fully saturated rings. The highest BCUT2D eigenvalue weighted by atomic mass is 19.3. The van der Waals surface area contributed by atoms with Gasteiger partial charge < -0.3 is 70.9 Å². The van der Waals surface area contributed by atoms with Crippen molar-refractivity contribution in [2.75, 3.05) is 75.0 Å². The van der Waals surface area contributed by atoms with Gasteiger partial charge in [-0.05, 0) is 121 Å². The molecular formula is C72H125F2N13O13. The van der Waals surface area contributed by atoms with Gasteiger partial charge in [-0.25, -0.2) is 8.78 Å². The quantitative estimate of drug-likeness (QED) is 0.112. The fraction of sp³-hybridized carbons (Fsp3) is 0.833. The van der Waals surface area contributed by atoms with Crippen molar-refractivity contribution in [2.45, 2.75) is 284 Å². The predicted octanol–water partition coefficient (Wildman–Crippen LogP) is 4.29. The second kappa shape index (κ2) is 39.7. The van der Waals surface area contributed by atoms with Crippen molar-refractivity contribution in [2.24, 2.45) is 29.6 Å². The van der Waals surface area contributed by atoms with E-state index in [1.807, 2.05) is 48.5 Å². The maximum atomic E-state index is 15.4. The highest BCUT2D eigenvalue weighted by Crippen LogP contribution is 2.32. The number of carbonyl (C=O) groups is 12. The van der Waals surface area contributed by atoms with E-state index in [4.69, 9.17) is 0 Å². The molecule has 4 aliphatic rings. The lowest BCUT2D eigenvalue weighted by atomic mass is 9.84. The lowest BCUT2D eigenvalue weighted by Gasteiger charge is -2.39. The van der Waals surface area contributed by atoms with Crippen LogP contribution in [0.3, 0.4) is 0 Å². The maximum absolute atomic E-state index is 15.4. The van der Waals surface area contributed by atoms with Crippen molar-refractivity contribution in [1.29, 1.82) is 0 Å². The normalized spacial score (nSPS) is 28.3. The number of aliphatic hydroxyl groups excluding tert-OH is 1. The zero-order chi connectivity index (χ0) is 75.4. The van der Waals surface area contributed by atoms with E-state index in [0.717, 1.165) is 43.4 Å². The smallest absolute Gasteiger partial charge is 0.261 e. The lowest BCUT2D eigenvalue weighted by molar-refractivity contribution is -0.152. The summed E-state index contributed by atoms with van der Waals surface area (Å²) in [6.07, 6.45) is 5.55. The van der Waals surface area contributed by atoms with Gasteiger partial charge in [0.15, 0.2) is 0 Å². The van der Waals surface area contributed by atoms with Crippen molar-refractivity contribution in [1.82, 2.24) is 65.8 Å². The van der Waals surface area contributed by atoms with E-state index in [-0.39, 0.29) is 75.2 Å². The molecule has 4 rings (SSSR count). The van der Waals surface area contributed by atoms with Crippen LogP contribution in [0.5, 0.6) is 0 Å². The van der Waals surface area contributed by atoms with Crippen LogP contribution in [0.2, 0.25) is 0 Å². The molecule has 1 saturated carbocycles. The van der Waals surface area contributed by atoms with Gasteiger partial charge in [0.25, 0.3) is 5.92 Å². The van der Waals surface area contributed by atoms with Gasteiger partial charge in [0, 0.05) is 74.4 Å². The van der Waals surface area contributed by atoms with Crippen LogP contribution >= 0.6 is 0 Å². The van der Waals surface area contributed by atoms with Crippen molar-refractivity contribution < 1.29 is 71.4 Å². The Morgan fingerprint density at radius 2 is 1.04 bits per heavy atom. The van der Waals surface area contributed by atoms with E-state index in [0.29, 0.717) is 38.8 Å². The van der Waals surface area contributed by atoms with Crippen molar-refractivity contribution in [3.05, 3.63) is 0 Å². The molecule has 0 radical (unpaired) electrons. The van der Waals surface area contributed by atoms with Gasteiger partial charge in [-0.2, -0.15) is 0 Å². The molecule has 0 aromatic rings. The van der Waals surface area contributed by atoms with Gasteiger partial charge in [-0.3, -0.25) is 57.5 Å². The minimum absolute atomic E-state index is 0.00592. The van der Waals surface area contributed by atoms with Crippen LogP contribution in [0.4, 0.5) is 8.78 Å². The lowest BCUT2D eigenvalue weighted by Crippen LogP contribution is -2.62. The van der Waals surface area contributed by atoms with Crippen LogP contribution < -0.4 is 26.6 Å². The summed E-state index contributed by atoms with van der Waals surface area (Å²) >= 11 is 0. The molecule has 1 aliphatic carbocycles. The third-order valence-electron chi connectivity index (χ3n) is 20.7. The summed E-state index contributed by atoms with van der Waals surface area (Å²) in [5.41, 5.74) is 0. The average Bonchev–Trinajstić information content (AvgIpc) is 1.12. The Hall–Kier alpha value is -6.58. The molecule has 0 aromatic heterocycles. The van der Waals surface area contributed by atoms with Crippen molar-refractivity contribution in [3.8, 4) is 0 Å². The third-order valence-corrected chi connectivity index (χ3v) is 20.7. The van der Waals surface area contributed by atoms with Crippen molar-refractivity contribution in [3.63, 3.8) is 0 Å². The number of nitrogens with zero attached hydrogens (tertiary/aromatic N) is 8. The fourth-order valence-electron chi connectivity index (χ4n) is 13.9. The van der Waals surface area contributed by atoms with Crippen LogP contribution in [0.15, 0.2) is 0 Å². The molecule has 0 unspecified atom stereocenters. The number of rotatable bonds is 18. The van der Waals surface area contributed by atoms with Gasteiger partial charge in [-0.15, -0.1) is 0 Å². The first-order valence-corrected chi connectivity index (χ1v) is 36.9. The number of unbranched alkanes of at least 4 members (excludes halogenated alkanes) is 1. The third kappa shape index (κ3) is 24.6. The van der Waals surface area contributed by atoms with Crippen LogP contribution in [-0.4, -0.2) is 269 Å². The molecule has 26 nitrogen and oxygen atoms in total. The molecule has 12 atom stereocenters. The SMILES string of the molecule is CCCCN1CC(=O)N(C)[C@@H](CC(C)C)C(=O)N[C@H](C(=O)N2CCCCC2)CC(=O)N(C)[C@@H](C)C(=O)N[C@@H](CCC[C@@H]2CC(F)(F)CN2)C(=O)N(C)[C@@H](CC(C)C)C(=O)N(C)[C@@H](C)C(=O)N[C@@H](C(C)C)C(=O)N(C)[C@@H](CC2CCCCC2)C(=O)N(C)[C@@H](CC(C)C)C(=O)N[C@@H]([C@@H](C)O)C1=O. The van der Waals surface area contributed by atoms with Gasteiger partial charge in [0.1, 0.15) is 60.4 Å². The minimum Gasteiger partial charge on any atom is -0.391 e.